The third kappa shape index (κ3) is 1.42. The lowest BCUT2D eigenvalue weighted by atomic mass is 9.42. The molecule has 0 unspecified atom stereocenters. The SMILES string of the molecule is CC1(C)[C@@H]2C/C(=N/O)[C@@](C)(N3CCOCC3)[C@H]1C2. The fraction of sp³-hybridized carbons (Fsp3) is 0.929. The summed E-state index contributed by atoms with van der Waals surface area (Å²) in [6.07, 6.45) is 2.23. The van der Waals surface area contributed by atoms with Crippen LogP contribution in [0.1, 0.15) is 33.6 Å². The molecule has 0 spiro atoms. The van der Waals surface area contributed by atoms with Gasteiger partial charge in [-0.15, -0.1) is 0 Å². The van der Waals surface area contributed by atoms with Gasteiger partial charge in [-0.2, -0.15) is 0 Å². The normalized spacial score (nSPS) is 45.8. The maximum Gasteiger partial charge on any atom is 0.0776 e. The lowest BCUT2D eigenvalue weighted by Gasteiger charge is -2.67. The molecule has 3 saturated carbocycles. The number of oxime groups is 1. The van der Waals surface area contributed by atoms with Crippen molar-refractivity contribution in [3.05, 3.63) is 0 Å². The monoisotopic (exact) mass is 252 g/mol. The van der Waals surface area contributed by atoms with E-state index in [2.05, 4.69) is 30.8 Å². The van der Waals surface area contributed by atoms with Gasteiger partial charge in [-0.25, -0.2) is 0 Å². The van der Waals surface area contributed by atoms with Crippen molar-refractivity contribution in [3.8, 4) is 0 Å². The second-order valence-corrected chi connectivity index (χ2v) is 6.80. The van der Waals surface area contributed by atoms with Crippen LogP contribution in [0, 0.1) is 17.3 Å². The summed E-state index contributed by atoms with van der Waals surface area (Å²) in [5, 5.41) is 13.1. The molecule has 3 atom stereocenters. The van der Waals surface area contributed by atoms with E-state index in [1.54, 1.807) is 0 Å². The van der Waals surface area contributed by atoms with E-state index in [1.807, 2.05) is 0 Å². The molecule has 102 valence electrons. The van der Waals surface area contributed by atoms with Gasteiger partial charge in [0.2, 0.25) is 0 Å². The van der Waals surface area contributed by atoms with E-state index >= 15 is 0 Å². The van der Waals surface area contributed by atoms with Gasteiger partial charge in [-0.3, -0.25) is 4.90 Å². The number of nitrogens with zero attached hydrogens (tertiary/aromatic N) is 2. The predicted octanol–water partition coefficient (Wildman–Crippen LogP) is 1.97. The van der Waals surface area contributed by atoms with Gasteiger partial charge in [0, 0.05) is 13.1 Å². The summed E-state index contributed by atoms with van der Waals surface area (Å²) in [6, 6.07) is 0. The second-order valence-electron chi connectivity index (χ2n) is 6.80. The van der Waals surface area contributed by atoms with Gasteiger partial charge in [0.1, 0.15) is 0 Å². The van der Waals surface area contributed by atoms with Crippen molar-refractivity contribution in [2.45, 2.75) is 39.2 Å². The van der Waals surface area contributed by atoms with E-state index in [-0.39, 0.29) is 5.54 Å². The van der Waals surface area contributed by atoms with E-state index in [9.17, 15) is 5.21 Å². The quantitative estimate of drug-likeness (QED) is 0.573. The highest BCUT2D eigenvalue weighted by Crippen LogP contribution is 2.63. The molecule has 4 fully saturated rings. The fourth-order valence-electron chi connectivity index (χ4n) is 4.53. The van der Waals surface area contributed by atoms with Crippen molar-refractivity contribution in [1.82, 2.24) is 4.90 Å². The Morgan fingerprint density at radius 3 is 2.50 bits per heavy atom. The van der Waals surface area contributed by atoms with Crippen LogP contribution in [0.2, 0.25) is 0 Å². The zero-order valence-electron chi connectivity index (χ0n) is 11.6. The Hall–Kier alpha value is -0.610. The molecule has 18 heavy (non-hydrogen) atoms. The van der Waals surface area contributed by atoms with Crippen LogP contribution in [0.25, 0.3) is 0 Å². The second kappa shape index (κ2) is 3.94. The lowest BCUT2D eigenvalue weighted by Crippen LogP contribution is -2.72. The van der Waals surface area contributed by atoms with Gasteiger partial charge in [0.15, 0.2) is 0 Å². The van der Waals surface area contributed by atoms with Crippen molar-refractivity contribution < 1.29 is 9.94 Å². The van der Waals surface area contributed by atoms with Crippen molar-refractivity contribution >= 4 is 5.71 Å². The van der Waals surface area contributed by atoms with Crippen LogP contribution in [0.4, 0.5) is 0 Å². The number of hydrogen-bond acceptors (Lipinski definition) is 4. The average molecular weight is 252 g/mol. The molecular weight excluding hydrogens is 228 g/mol. The molecule has 4 nitrogen and oxygen atoms in total. The first-order chi connectivity index (χ1) is 8.51. The fourth-order valence-corrected chi connectivity index (χ4v) is 4.53. The molecule has 0 aromatic heterocycles. The van der Waals surface area contributed by atoms with Gasteiger partial charge in [-0.05, 0) is 37.0 Å². The van der Waals surface area contributed by atoms with E-state index in [0.29, 0.717) is 17.3 Å². The van der Waals surface area contributed by atoms with E-state index in [1.165, 1.54) is 6.42 Å². The third-order valence-corrected chi connectivity index (χ3v) is 5.96. The van der Waals surface area contributed by atoms with Crippen LogP contribution < -0.4 is 0 Å². The molecule has 3 aliphatic carbocycles. The summed E-state index contributed by atoms with van der Waals surface area (Å²) in [6.45, 7) is 10.5. The maximum atomic E-state index is 9.40. The highest BCUT2D eigenvalue weighted by Gasteiger charge is 2.64. The highest BCUT2D eigenvalue weighted by molar-refractivity contribution is 5.95. The summed E-state index contributed by atoms with van der Waals surface area (Å²) in [5.74, 6) is 1.30. The molecular formula is C14H24N2O2. The molecule has 1 aliphatic heterocycles. The number of fused-ring (bicyclic) bond motifs is 2. The average Bonchev–Trinajstić information content (AvgIpc) is 2.39. The van der Waals surface area contributed by atoms with E-state index in [4.69, 9.17) is 4.74 Å². The minimum absolute atomic E-state index is 0.0726. The molecule has 1 saturated heterocycles. The summed E-state index contributed by atoms with van der Waals surface area (Å²) in [5.41, 5.74) is 1.29. The number of morpholine rings is 1. The molecule has 4 rings (SSSR count). The van der Waals surface area contributed by atoms with E-state index in [0.717, 1.165) is 38.4 Å². The van der Waals surface area contributed by atoms with Crippen LogP contribution in [-0.2, 0) is 4.74 Å². The van der Waals surface area contributed by atoms with Crippen LogP contribution >= 0.6 is 0 Å². The Bertz CT molecular complexity index is 374. The maximum absolute atomic E-state index is 9.40. The molecule has 0 radical (unpaired) electrons. The number of rotatable bonds is 1. The van der Waals surface area contributed by atoms with Crippen LogP contribution in [0.5, 0.6) is 0 Å². The topological polar surface area (TPSA) is 45.1 Å². The first kappa shape index (κ1) is 12.4. The Morgan fingerprint density at radius 1 is 1.28 bits per heavy atom. The number of ether oxygens (including phenoxy) is 1. The van der Waals surface area contributed by atoms with Gasteiger partial charge in [-0.1, -0.05) is 19.0 Å². The Morgan fingerprint density at radius 2 is 1.94 bits per heavy atom. The highest BCUT2D eigenvalue weighted by atomic mass is 16.5. The van der Waals surface area contributed by atoms with Crippen LogP contribution in [-0.4, -0.2) is 47.7 Å². The van der Waals surface area contributed by atoms with Crippen molar-refractivity contribution in [2.75, 3.05) is 26.3 Å². The summed E-state index contributed by atoms with van der Waals surface area (Å²) in [4.78, 5) is 2.48. The summed E-state index contributed by atoms with van der Waals surface area (Å²) < 4.78 is 5.46. The number of hydrogen-bond donors (Lipinski definition) is 1. The van der Waals surface area contributed by atoms with Gasteiger partial charge < -0.3 is 9.94 Å². The first-order valence-electron chi connectivity index (χ1n) is 7.05. The first-order valence-corrected chi connectivity index (χ1v) is 7.05. The molecule has 4 heteroatoms. The third-order valence-electron chi connectivity index (χ3n) is 5.96. The largest absolute Gasteiger partial charge is 0.411 e. The molecule has 4 aliphatic rings. The molecule has 0 aromatic rings. The lowest BCUT2D eigenvalue weighted by molar-refractivity contribution is -0.128. The van der Waals surface area contributed by atoms with Gasteiger partial charge in [0.25, 0.3) is 0 Å². The van der Waals surface area contributed by atoms with Crippen LogP contribution in [0.3, 0.4) is 0 Å². The predicted molar refractivity (Wildman–Crippen MR) is 70.0 cm³/mol. The molecule has 2 bridgehead atoms. The van der Waals surface area contributed by atoms with E-state index < -0.39 is 0 Å². The molecule has 1 N–H and O–H groups in total. The summed E-state index contributed by atoms with van der Waals surface area (Å²) >= 11 is 0. The van der Waals surface area contributed by atoms with Crippen molar-refractivity contribution in [3.63, 3.8) is 0 Å². The van der Waals surface area contributed by atoms with Crippen molar-refractivity contribution in [2.24, 2.45) is 22.4 Å². The van der Waals surface area contributed by atoms with Crippen LogP contribution in [0.15, 0.2) is 5.16 Å². The minimum Gasteiger partial charge on any atom is -0.411 e. The smallest absolute Gasteiger partial charge is 0.0776 e. The molecule has 0 amide bonds. The Labute approximate surface area is 109 Å². The van der Waals surface area contributed by atoms with Gasteiger partial charge >= 0.3 is 0 Å². The van der Waals surface area contributed by atoms with Crippen molar-refractivity contribution in [1.29, 1.82) is 0 Å². The molecule has 0 aromatic carbocycles. The molecule has 1 heterocycles. The zero-order valence-corrected chi connectivity index (χ0v) is 11.6. The van der Waals surface area contributed by atoms with Gasteiger partial charge in [0.05, 0.1) is 24.5 Å². The Balaban J connectivity index is 1.94. The summed E-state index contributed by atoms with van der Waals surface area (Å²) in [7, 11) is 0. The standard InChI is InChI=1S/C14H24N2O2/c1-13(2)10-8-11(13)14(3,12(9-10)15-17)16-4-6-18-7-5-16/h10-11,17H,4-9H2,1-3H3/b15-12-/t10-,11-,14-/m0/s1. The Kier molecular flexibility index (Phi) is 2.72. The zero-order chi connectivity index (χ0) is 13.0. The minimum atomic E-state index is -0.0726.